The lowest BCUT2D eigenvalue weighted by molar-refractivity contribution is -0.136. The zero-order chi connectivity index (χ0) is 13.6. The molecule has 102 valence electrons. The van der Waals surface area contributed by atoms with Crippen molar-refractivity contribution in [2.75, 3.05) is 6.54 Å². The van der Waals surface area contributed by atoms with E-state index in [1.165, 1.54) is 4.90 Å². The summed E-state index contributed by atoms with van der Waals surface area (Å²) in [5.74, 6) is 0.548. The topological polar surface area (TPSA) is 75.4 Å². The van der Waals surface area contributed by atoms with Crippen molar-refractivity contribution < 1.29 is 9.59 Å². The van der Waals surface area contributed by atoms with Crippen LogP contribution in [0.3, 0.4) is 0 Å². The molecular weight excluding hydrogens is 230 g/mol. The molecule has 3 N–H and O–H groups in total. The first-order valence-electron chi connectivity index (χ1n) is 6.69. The quantitative estimate of drug-likeness (QED) is 0.727. The number of nitrogens with two attached hydrogens (primary N) is 1. The number of carbonyl (C=O) groups excluding carboxylic acids is 2. The van der Waals surface area contributed by atoms with Crippen LogP contribution in [0, 0.1) is 5.92 Å². The molecule has 1 saturated heterocycles. The number of imide groups is 1. The highest BCUT2D eigenvalue weighted by Gasteiger charge is 2.55. The number of hydrogen-bond donors (Lipinski definition) is 2. The van der Waals surface area contributed by atoms with Gasteiger partial charge < -0.3 is 11.1 Å². The Hall–Kier alpha value is -1.10. The van der Waals surface area contributed by atoms with E-state index in [0.717, 1.165) is 25.7 Å². The van der Waals surface area contributed by atoms with Gasteiger partial charge in [-0.2, -0.15) is 0 Å². The molecule has 0 aromatic rings. The Labute approximate surface area is 108 Å². The molecule has 18 heavy (non-hydrogen) atoms. The Balaban J connectivity index is 2.24. The second-order valence-corrected chi connectivity index (χ2v) is 6.35. The van der Waals surface area contributed by atoms with Crippen LogP contribution in [0.1, 0.15) is 46.5 Å². The highest BCUT2D eigenvalue weighted by Crippen LogP contribution is 2.38. The van der Waals surface area contributed by atoms with E-state index in [4.69, 9.17) is 5.73 Å². The van der Waals surface area contributed by atoms with Gasteiger partial charge >= 0.3 is 6.03 Å². The molecule has 3 amide bonds. The number of amides is 3. The van der Waals surface area contributed by atoms with Crippen LogP contribution in [0.5, 0.6) is 0 Å². The van der Waals surface area contributed by atoms with Crippen molar-refractivity contribution in [3.63, 3.8) is 0 Å². The van der Waals surface area contributed by atoms with Crippen molar-refractivity contribution in [2.45, 2.75) is 57.5 Å². The number of carbonyl (C=O) groups is 2. The third-order valence-electron chi connectivity index (χ3n) is 4.39. The van der Waals surface area contributed by atoms with Crippen molar-refractivity contribution in [2.24, 2.45) is 11.7 Å². The molecule has 1 heterocycles. The Morgan fingerprint density at radius 1 is 1.39 bits per heavy atom. The van der Waals surface area contributed by atoms with E-state index in [2.05, 4.69) is 12.2 Å². The maximum Gasteiger partial charge on any atom is 0.325 e. The fourth-order valence-corrected chi connectivity index (χ4v) is 2.86. The number of urea groups is 1. The van der Waals surface area contributed by atoms with Crippen LogP contribution in [-0.4, -0.2) is 34.5 Å². The minimum Gasteiger partial charge on any atom is -0.328 e. The predicted octanol–water partition coefficient (Wildman–Crippen LogP) is 1.22. The van der Waals surface area contributed by atoms with Gasteiger partial charge in [-0.15, -0.1) is 0 Å². The molecule has 0 atom stereocenters. The second-order valence-electron chi connectivity index (χ2n) is 6.35. The van der Waals surface area contributed by atoms with Crippen molar-refractivity contribution in [1.82, 2.24) is 10.2 Å². The molecule has 2 rings (SSSR count). The standard InChI is InChI=1S/C13H23N3O2/c1-9-4-6-13(7-5-9)10(17)16(11(18)15-13)12(2,3)8-14/h9H,4-8,14H2,1-3H3,(H,15,18). The third kappa shape index (κ3) is 1.90. The molecule has 0 aromatic heterocycles. The van der Waals surface area contributed by atoms with E-state index in [1.807, 2.05) is 13.8 Å². The molecule has 1 aliphatic heterocycles. The molecule has 0 bridgehead atoms. The Morgan fingerprint density at radius 3 is 2.44 bits per heavy atom. The average molecular weight is 253 g/mol. The summed E-state index contributed by atoms with van der Waals surface area (Å²) in [6.07, 6.45) is 3.47. The van der Waals surface area contributed by atoms with E-state index in [9.17, 15) is 9.59 Å². The molecule has 1 aliphatic carbocycles. The van der Waals surface area contributed by atoms with Crippen LogP contribution in [0.15, 0.2) is 0 Å². The van der Waals surface area contributed by atoms with Gasteiger partial charge in [0.15, 0.2) is 0 Å². The van der Waals surface area contributed by atoms with Crippen LogP contribution in [0.2, 0.25) is 0 Å². The van der Waals surface area contributed by atoms with Crippen LogP contribution in [0.4, 0.5) is 4.79 Å². The van der Waals surface area contributed by atoms with Gasteiger partial charge in [-0.25, -0.2) is 4.79 Å². The third-order valence-corrected chi connectivity index (χ3v) is 4.39. The smallest absolute Gasteiger partial charge is 0.325 e. The van der Waals surface area contributed by atoms with E-state index >= 15 is 0 Å². The summed E-state index contributed by atoms with van der Waals surface area (Å²) >= 11 is 0. The fraction of sp³-hybridized carbons (Fsp3) is 0.846. The molecule has 1 spiro atoms. The van der Waals surface area contributed by atoms with Crippen LogP contribution in [0.25, 0.3) is 0 Å². The van der Waals surface area contributed by atoms with Gasteiger partial charge in [0.05, 0.1) is 5.54 Å². The first-order chi connectivity index (χ1) is 8.32. The summed E-state index contributed by atoms with van der Waals surface area (Å²) < 4.78 is 0. The lowest BCUT2D eigenvalue weighted by atomic mass is 9.77. The molecule has 0 unspecified atom stereocenters. The second kappa shape index (κ2) is 4.23. The lowest BCUT2D eigenvalue weighted by Gasteiger charge is -2.36. The first-order valence-corrected chi connectivity index (χ1v) is 6.69. The van der Waals surface area contributed by atoms with Crippen LogP contribution in [-0.2, 0) is 4.79 Å². The number of nitrogens with one attached hydrogen (secondary N) is 1. The molecular formula is C13H23N3O2. The number of rotatable bonds is 2. The summed E-state index contributed by atoms with van der Waals surface area (Å²) in [7, 11) is 0. The van der Waals surface area contributed by atoms with Gasteiger partial charge in [-0.1, -0.05) is 6.92 Å². The predicted molar refractivity (Wildman–Crippen MR) is 68.9 cm³/mol. The molecule has 2 fully saturated rings. The monoisotopic (exact) mass is 253 g/mol. The summed E-state index contributed by atoms with van der Waals surface area (Å²) in [6, 6.07) is -0.287. The van der Waals surface area contributed by atoms with Crippen molar-refractivity contribution >= 4 is 11.9 Å². The molecule has 5 heteroatoms. The maximum absolute atomic E-state index is 12.6. The number of nitrogens with zero attached hydrogens (tertiary/aromatic N) is 1. The molecule has 0 aromatic carbocycles. The van der Waals surface area contributed by atoms with E-state index < -0.39 is 11.1 Å². The largest absolute Gasteiger partial charge is 0.328 e. The minimum atomic E-state index is -0.657. The van der Waals surface area contributed by atoms with E-state index in [0.29, 0.717) is 5.92 Å². The molecule has 1 saturated carbocycles. The van der Waals surface area contributed by atoms with Crippen LogP contribution >= 0.6 is 0 Å². The Kier molecular flexibility index (Phi) is 3.13. The van der Waals surface area contributed by atoms with Gasteiger partial charge in [-0.05, 0) is 45.4 Å². The van der Waals surface area contributed by atoms with Crippen molar-refractivity contribution in [3.05, 3.63) is 0 Å². The summed E-state index contributed by atoms with van der Waals surface area (Å²) in [5, 5.41) is 2.91. The first kappa shape index (κ1) is 13.3. The van der Waals surface area contributed by atoms with Gasteiger partial charge in [-0.3, -0.25) is 9.69 Å². The fourth-order valence-electron chi connectivity index (χ4n) is 2.86. The molecule has 0 radical (unpaired) electrons. The van der Waals surface area contributed by atoms with Crippen molar-refractivity contribution in [3.8, 4) is 0 Å². The van der Waals surface area contributed by atoms with Gasteiger partial charge in [0.2, 0.25) is 0 Å². The normalized spacial score (nSPS) is 33.1. The lowest BCUT2D eigenvalue weighted by Crippen LogP contribution is -2.54. The Morgan fingerprint density at radius 2 is 1.94 bits per heavy atom. The summed E-state index contributed by atoms with van der Waals surface area (Å²) in [6.45, 7) is 6.12. The van der Waals surface area contributed by atoms with Gasteiger partial charge in [0.1, 0.15) is 5.54 Å². The zero-order valence-corrected chi connectivity index (χ0v) is 11.5. The number of hydrogen-bond acceptors (Lipinski definition) is 3. The Bertz CT molecular complexity index is 370. The van der Waals surface area contributed by atoms with Crippen molar-refractivity contribution in [1.29, 1.82) is 0 Å². The van der Waals surface area contributed by atoms with Gasteiger partial charge in [0.25, 0.3) is 5.91 Å². The molecule has 2 aliphatic rings. The minimum absolute atomic E-state index is 0.0881. The van der Waals surface area contributed by atoms with E-state index in [-0.39, 0.29) is 18.5 Å². The average Bonchev–Trinajstić information content (AvgIpc) is 2.56. The van der Waals surface area contributed by atoms with Gasteiger partial charge in [0, 0.05) is 6.54 Å². The van der Waals surface area contributed by atoms with E-state index in [1.54, 1.807) is 0 Å². The SMILES string of the molecule is CC1CCC2(CC1)NC(=O)N(C(C)(C)CN)C2=O. The highest BCUT2D eigenvalue weighted by molar-refractivity contribution is 6.07. The van der Waals surface area contributed by atoms with Crippen LogP contribution < -0.4 is 11.1 Å². The zero-order valence-electron chi connectivity index (χ0n) is 11.5. The maximum atomic E-state index is 12.6. The molecule has 5 nitrogen and oxygen atoms in total. The summed E-state index contributed by atoms with van der Waals surface area (Å²) in [5.41, 5.74) is 4.40. The highest BCUT2D eigenvalue weighted by atomic mass is 16.2. The summed E-state index contributed by atoms with van der Waals surface area (Å²) in [4.78, 5) is 26.0.